The van der Waals surface area contributed by atoms with E-state index in [0.29, 0.717) is 11.4 Å². The highest BCUT2D eigenvalue weighted by Gasteiger charge is 2.12. The molecule has 0 aliphatic rings. The van der Waals surface area contributed by atoms with Crippen molar-refractivity contribution < 1.29 is 0 Å². The molecule has 4 heterocycles. The van der Waals surface area contributed by atoms with Crippen LogP contribution in [0.4, 0.5) is 0 Å². The number of thiophene rings is 1. The van der Waals surface area contributed by atoms with E-state index in [-0.39, 0.29) is 5.56 Å². The van der Waals surface area contributed by atoms with Crippen molar-refractivity contribution in [2.24, 2.45) is 7.05 Å². The van der Waals surface area contributed by atoms with Crippen molar-refractivity contribution in [2.75, 3.05) is 0 Å². The zero-order valence-electron chi connectivity index (χ0n) is 13.7. The van der Waals surface area contributed by atoms with E-state index in [0.717, 1.165) is 27.1 Å². The Morgan fingerprint density at radius 2 is 2.12 bits per heavy atom. The van der Waals surface area contributed by atoms with E-state index in [9.17, 15) is 4.79 Å². The number of hydrogen-bond donors (Lipinski definition) is 0. The Morgan fingerprint density at radius 3 is 2.92 bits per heavy atom. The Bertz CT molecular complexity index is 1100. The van der Waals surface area contributed by atoms with Gasteiger partial charge < -0.3 is 4.57 Å². The molecule has 0 aliphatic carbocycles. The van der Waals surface area contributed by atoms with E-state index in [1.54, 1.807) is 28.0 Å². The van der Waals surface area contributed by atoms with Gasteiger partial charge in [0.25, 0.3) is 5.56 Å². The molecule has 4 rings (SSSR count). The van der Waals surface area contributed by atoms with Gasteiger partial charge in [-0.1, -0.05) is 17.8 Å². The van der Waals surface area contributed by atoms with Crippen LogP contribution in [0.1, 0.15) is 11.3 Å². The van der Waals surface area contributed by atoms with Gasteiger partial charge in [-0.25, -0.2) is 4.98 Å². The second kappa shape index (κ2) is 6.45. The Kier molecular flexibility index (Phi) is 4.14. The monoisotopic (exact) mass is 369 g/mol. The van der Waals surface area contributed by atoms with Crippen molar-refractivity contribution in [1.29, 1.82) is 0 Å². The second-order valence-corrected chi connectivity index (χ2v) is 7.54. The maximum absolute atomic E-state index is 12.2. The van der Waals surface area contributed by atoms with Crippen LogP contribution in [0.2, 0.25) is 0 Å². The van der Waals surface area contributed by atoms with Gasteiger partial charge in [0.1, 0.15) is 5.65 Å². The topological polar surface area (TPSA) is 65.1 Å². The van der Waals surface area contributed by atoms with Crippen molar-refractivity contribution in [2.45, 2.75) is 17.8 Å². The number of pyridine rings is 1. The number of aryl methyl sites for hydroxylation is 1. The lowest BCUT2D eigenvalue weighted by Crippen LogP contribution is -2.15. The minimum absolute atomic E-state index is 0.0714. The first-order chi connectivity index (χ1) is 12.1. The predicted molar refractivity (Wildman–Crippen MR) is 100 cm³/mol. The van der Waals surface area contributed by atoms with E-state index in [2.05, 4.69) is 15.2 Å². The highest BCUT2D eigenvalue weighted by molar-refractivity contribution is 7.98. The van der Waals surface area contributed by atoms with E-state index in [1.165, 1.54) is 11.8 Å². The van der Waals surface area contributed by atoms with Crippen LogP contribution in [0, 0.1) is 6.92 Å². The molecule has 126 valence electrons. The van der Waals surface area contributed by atoms with Crippen LogP contribution in [0.15, 0.2) is 51.9 Å². The highest BCUT2D eigenvalue weighted by Crippen LogP contribution is 2.27. The van der Waals surface area contributed by atoms with Gasteiger partial charge in [0.2, 0.25) is 0 Å². The van der Waals surface area contributed by atoms with E-state index in [4.69, 9.17) is 0 Å². The van der Waals surface area contributed by atoms with Crippen LogP contribution in [0.3, 0.4) is 0 Å². The number of rotatable bonds is 4. The Balaban J connectivity index is 1.60. The van der Waals surface area contributed by atoms with Crippen LogP contribution in [0.25, 0.3) is 16.3 Å². The average molecular weight is 369 g/mol. The lowest BCUT2D eigenvalue weighted by atomic mass is 10.3. The van der Waals surface area contributed by atoms with Crippen molar-refractivity contribution in [3.05, 3.63) is 63.5 Å². The van der Waals surface area contributed by atoms with Crippen LogP contribution in [-0.4, -0.2) is 24.1 Å². The standard InChI is InChI=1S/C17H15N5OS2/c1-11-5-6-22-14(8-11)18-12(9-15(22)23)10-25-17-20-19-16(21(17)2)13-4-3-7-24-13/h3-9H,10H2,1-2H3. The normalized spacial score (nSPS) is 11.3. The number of nitrogens with zero attached hydrogens (tertiary/aromatic N) is 5. The quantitative estimate of drug-likeness (QED) is 0.517. The first-order valence-electron chi connectivity index (χ1n) is 7.67. The van der Waals surface area contributed by atoms with Crippen LogP contribution in [0.5, 0.6) is 0 Å². The predicted octanol–water partition coefficient (Wildman–Crippen LogP) is 3.15. The third kappa shape index (κ3) is 3.10. The zero-order chi connectivity index (χ0) is 17.4. The number of aromatic nitrogens is 5. The van der Waals surface area contributed by atoms with Gasteiger partial charge in [-0.2, -0.15) is 0 Å². The fourth-order valence-corrected chi connectivity index (χ4v) is 4.07. The third-order valence-electron chi connectivity index (χ3n) is 3.80. The number of fused-ring (bicyclic) bond motifs is 1. The molecule has 0 amide bonds. The van der Waals surface area contributed by atoms with Crippen LogP contribution < -0.4 is 5.56 Å². The summed E-state index contributed by atoms with van der Waals surface area (Å²) in [6, 6.07) is 9.40. The molecule has 0 N–H and O–H groups in total. The Morgan fingerprint density at radius 1 is 1.24 bits per heavy atom. The molecular weight excluding hydrogens is 354 g/mol. The SMILES string of the molecule is Cc1ccn2c(=O)cc(CSc3nnc(-c4cccs4)n3C)nc2c1. The lowest BCUT2D eigenvalue weighted by molar-refractivity contribution is 0.794. The molecule has 0 fully saturated rings. The molecule has 4 aromatic rings. The van der Waals surface area contributed by atoms with E-state index in [1.807, 2.05) is 48.2 Å². The third-order valence-corrected chi connectivity index (χ3v) is 5.72. The molecule has 0 radical (unpaired) electrons. The minimum Gasteiger partial charge on any atom is -0.304 e. The van der Waals surface area contributed by atoms with Crippen molar-refractivity contribution in [1.82, 2.24) is 24.1 Å². The Labute approximate surface area is 152 Å². The maximum atomic E-state index is 12.2. The molecule has 4 aromatic heterocycles. The summed E-state index contributed by atoms with van der Waals surface area (Å²) < 4.78 is 3.52. The summed E-state index contributed by atoms with van der Waals surface area (Å²) in [6.07, 6.45) is 1.76. The molecule has 0 saturated heterocycles. The molecule has 0 bridgehead atoms. The van der Waals surface area contributed by atoms with Crippen LogP contribution >= 0.6 is 23.1 Å². The second-order valence-electron chi connectivity index (χ2n) is 5.65. The molecule has 6 nitrogen and oxygen atoms in total. The molecular formula is C17H15N5OS2. The summed E-state index contributed by atoms with van der Waals surface area (Å²) >= 11 is 3.16. The van der Waals surface area contributed by atoms with Gasteiger partial charge in [0, 0.05) is 25.1 Å². The fraction of sp³-hybridized carbons (Fsp3) is 0.176. The molecule has 0 saturated carbocycles. The maximum Gasteiger partial charge on any atom is 0.258 e. The molecule has 0 aliphatic heterocycles. The first kappa shape index (κ1) is 16.0. The summed E-state index contributed by atoms with van der Waals surface area (Å²) in [6.45, 7) is 1.99. The van der Waals surface area contributed by atoms with Crippen LogP contribution in [-0.2, 0) is 12.8 Å². The molecule has 0 atom stereocenters. The first-order valence-corrected chi connectivity index (χ1v) is 9.53. The average Bonchev–Trinajstić information content (AvgIpc) is 3.22. The highest BCUT2D eigenvalue weighted by atomic mass is 32.2. The number of thioether (sulfide) groups is 1. The van der Waals surface area contributed by atoms with E-state index < -0.39 is 0 Å². The van der Waals surface area contributed by atoms with E-state index >= 15 is 0 Å². The summed E-state index contributed by atoms with van der Waals surface area (Å²) in [5, 5.41) is 11.3. The molecule has 25 heavy (non-hydrogen) atoms. The minimum atomic E-state index is -0.0714. The molecule has 8 heteroatoms. The van der Waals surface area contributed by atoms with Crippen molar-refractivity contribution in [3.63, 3.8) is 0 Å². The van der Waals surface area contributed by atoms with Crippen molar-refractivity contribution in [3.8, 4) is 10.7 Å². The molecule has 0 unspecified atom stereocenters. The zero-order valence-corrected chi connectivity index (χ0v) is 15.3. The van der Waals surface area contributed by atoms with Gasteiger partial charge in [-0.05, 0) is 36.1 Å². The van der Waals surface area contributed by atoms with Gasteiger partial charge in [0.05, 0.1) is 10.6 Å². The van der Waals surface area contributed by atoms with Crippen molar-refractivity contribution >= 4 is 28.7 Å². The fourth-order valence-electron chi connectivity index (χ4n) is 2.53. The molecule has 0 spiro atoms. The summed E-state index contributed by atoms with van der Waals surface area (Å²) in [7, 11) is 1.95. The summed E-state index contributed by atoms with van der Waals surface area (Å²) in [5.74, 6) is 1.41. The summed E-state index contributed by atoms with van der Waals surface area (Å²) in [4.78, 5) is 17.9. The number of hydrogen-bond acceptors (Lipinski definition) is 6. The van der Waals surface area contributed by atoms with Gasteiger partial charge in [-0.15, -0.1) is 21.5 Å². The van der Waals surface area contributed by atoms with Gasteiger partial charge in [-0.3, -0.25) is 9.20 Å². The lowest BCUT2D eigenvalue weighted by Gasteiger charge is -2.05. The smallest absolute Gasteiger partial charge is 0.258 e. The van der Waals surface area contributed by atoms with Gasteiger partial charge >= 0.3 is 0 Å². The Hall–Kier alpha value is -2.45. The summed E-state index contributed by atoms with van der Waals surface area (Å²) in [5.41, 5.74) is 2.41. The largest absolute Gasteiger partial charge is 0.304 e. The van der Waals surface area contributed by atoms with Gasteiger partial charge in [0.15, 0.2) is 11.0 Å². The molecule has 0 aromatic carbocycles.